The van der Waals surface area contributed by atoms with Crippen molar-refractivity contribution >= 4 is 17.5 Å². The molecule has 3 N–H and O–H groups in total. The average Bonchev–Trinajstić information content (AvgIpc) is 3.08. The van der Waals surface area contributed by atoms with Crippen LogP contribution in [0.25, 0.3) is 0 Å². The minimum absolute atomic E-state index is 0.0142. The maximum absolute atomic E-state index is 12.6. The van der Waals surface area contributed by atoms with Gasteiger partial charge in [0.15, 0.2) is 0 Å². The average molecular weight is 385 g/mol. The summed E-state index contributed by atoms with van der Waals surface area (Å²) >= 11 is 0. The Morgan fingerprint density at radius 2 is 1.89 bits per heavy atom. The predicted octanol–water partition coefficient (Wildman–Crippen LogP) is 1.33. The zero-order valence-corrected chi connectivity index (χ0v) is 16.5. The molecule has 0 radical (unpaired) electrons. The summed E-state index contributed by atoms with van der Waals surface area (Å²) in [4.78, 5) is 26.9. The molecule has 1 aliphatic heterocycles. The van der Waals surface area contributed by atoms with Crippen molar-refractivity contribution in [2.24, 2.45) is 5.73 Å². The third-order valence-electron chi connectivity index (χ3n) is 4.81. The Hall–Kier alpha value is -2.71. The minimum Gasteiger partial charge on any atom is -0.372 e. The van der Waals surface area contributed by atoms with E-state index in [1.165, 1.54) is 10.9 Å². The van der Waals surface area contributed by atoms with Crippen molar-refractivity contribution in [1.29, 1.82) is 0 Å². The zero-order valence-electron chi connectivity index (χ0n) is 16.5. The molecule has 28 heavy (non-hydrogen) atoms. The molecule has 0 saturated carbocycles. The van der Waals surface area contributed by atoms with Crippen molar-refractivity contribution < 1.29 is 14.3 Å². The van der Waals surface area contributed by atoms with Crippen molar-refractivity contribution in [1.82, 2.24) is 14.7 Å². The Balaban J connectivity index is 1.61. The molecule has 1 fully saturated rings. The maximum atomic E-state index is 12.6. The standard InChI is InChI=1S/C20H27N5O3/c1-14-10-24(11-15(2)28-14)18(26)13-25-12-17(9-22-25)23-19(27)20(3,21)16-7-5-4-6-8-16/h4-9,12,14-15H,10-11,13,21H2,1-3H3,(H,23,27). The largest absolute Gasteiger partial charge is 0.372 e. The first-order valence-corrected chi connectivity index (χ1v) is 9.37. The van der Waals surface area contributed by atoms with Crippen LogP contribution in [-0.4, -0.2) is 51.8 Å². The molecule has 150 valence electrons. The first-order valence-electron chi connectivity index (χ1n) is 9.37. The molecule has 0 aliphatic carbocycles. The van der Waals surface area contributed by atoms with E-state index in [0.717, 1.165) is 0 Å². The SMILES string of the molecule is CC1CN(C(=O)Cn2cc(NC(=O)C(C)(N)c3ccccc3)cn2)CC(C)O1. The summed E-state index contributed by atoms with van der Waals surface area (Å²) in [7, 11) is 0. The van der Waals surface area contributed by atoms with Gasteiger partial charge in [-0.15, -0.1) is 0 Å². The Kier molecular flexibility index (Phi) is 5.81. The smallest absolute Gasteiger partial charge is 0.248 e. The number of nitrogens with two attached hydrogens (primary N) is 1. The Bertz CT molecular complexity index is 823. The number of ether oxygens (including phenoxy) is 1. The van der Waals surface area contributed by atoms with E-state index in [9.17, 15) is 9.59 Å². The number of nitrogens with zero attached hydrogens (tertiary/aromatic N) is 3. The fraction of sp³-hybridized carbons (Fsp3) is 0.450. The summed E-state index contributed by atoms with van der Waals surface area (Å²) in [6.07, 6.45) is 3.17. The second-order valence-corrected chi connectivity index (χ2v) is 7.51. The van der Waals surface area contributed by atoms with Crippen LogP contribution >= 0.6 is 0 Å². The van der Waals surface area contributed by atoms with E-state index < -0.39 is 5.54 Å². The van der Waals surface area contributed by atoms with Gasteiger partial charge >= 0.3 is 0 Å². The van der Waals surface area contributed by atoms with E-state index >= 15 is 0 Å². The van der Waals surface area contributed by atoms with Gasteiger partial charge in [0.25, 0.3) is 0 Å². The molecule has 1 saturated heterocycles. The molecule has 0 spiro atoms. The lowest BCUT2D eigenvalue weighted by Crippen LogP contribution is -2.49. The molecular weight excluding hydrogens is 358 g/mol. The predicted molar refractivity (Wildman–Crippen MR) is 105 cm³/mol. The van der Waals surface area contributed by atoms with Gasteiger partial charge in [-0.05, 0) is 26.3 Å². The van der Waals surface area contributed by atoms with Gasteiger partial charge in [0.05, 0.1) is 24.1 Å². The van der Waals surface area contributed by atoms with E-state index in [1.54, 1.807) is 18.0 Å². The number of carbonyl (C=O) groups excluding carboxylic acids is 2. The summed E-state index contributed by atoms with van der Waals surface area (Å²) in [5.74, 6) is -0.378. The van der Waals surface area contributed by atoms with Crippen LogP contribution in [0.3, 0.4) is 0 Å². The summed E-state index contributed by atoms with van der Waals surface area (Å²) in [5, 5.41) is 6.96. The quantitative estimate of drug-likeness (QED) is 0.808. The van der Waals surface area contributed by atoms with Crippen LogP contribution in [0.4, 0.5) is 5.69 Å². The molecule has 8 nitrogen and oxygen atoms in total. The van der Waals surface area contributed by atoms with Gasteiger partial charge in [-0.2, -0.15) is 5.10 Å². The molecule has 0 bridgehead atoms. The highest BCUT2D eigenvalue weighted by atomic mass is 16.5. The molecule has 1 aromatic heterocycles. The highest BCUT2D eigenvalue weighted by Crippen LogP contribution is 2.20. The Morgan fingerprint density at radius 3 is 2.54 bits per heavy atom. The third-order valence-corrected chi connectivity index (χ3v) is 4.81. The second kappa shape index (κ2) is 8.12. The molecule has 3 unspecified atom stereocenters. The van der Waals surface area contributed by atoms with Crippen molar-refractivity contribution in [2.45, 2.75) is 45.1 Å². The van der Waals surface area contributed by atoms with Crippen LogP contribution in [0, 0.1) is 0 Å². The van der Waals surface area contributed by atoms with Crippen LogP contribution in [0.1, 0.15) is 26.3 Å². The zero-order chi connectivity index (χ0) is 20.3. The van der Waals surface area contributed by atoms with E-state index in [0.29, 0.717) is 24.3 Å². The number of hydrogen-bond donors (Lipinski definition) is 2. The molecule has 1 aromatic carbocycles. The van der Waals surface area contributed by atoms with Crippen molar-refractivity contribution in [3.8, 4) is 0 Å². The van der Waals surface area contributed by atoms with Crippen LogP contribution < -0.4 is 11.1 Å². The highest BCUT2D eigenvalue weighted by Gasteiger charge is 2.31. The number of amides is 2. The van der Waals surface area contributed by atoms with Gasteiger partial charge in [-0.1, -0.05) is 30.3 Å². The number of rotatable bonds is 5. The molecule has 2 heterocycles. The van der Waals surface area contributed by atoms with Crippen molar-refractivity contribution in [3.05, 3.63) is 48.3 Å². The van der Waals surface area contributed by atoms with Gasteiger partial charge in [-0.25, -0.2) is 0 Å². The lowest BCUT2D eigenvalue weighted by molar-refractivity contribution is -0.144. The number of nitrogens with one attached hydrogen (secondary N) is 1. The molecule has 2 amide bonds. The highest BCUT2D eigenvalue weighted by molar-refractivity contribution is 5.98. The number of carbonyl (C=O) groups is 2. The van der Waals surface area contributed by atoms with E-state index in [1.807, 2.05) is 44.2 Å². The summed E-state index contributed by atoms with van der Waals surface area (Å²) in [6, 6.07) is 9.17. The first-order chi connectivity index (χ1) is 13.3. The second-order valence-electron chi connectivity index (χ2n) is 7.51. The van der Waals surface area contributed by atoms with Crippen molar-refractivity contribution in [3.63, 3.8) is 0 Å². The number of morpholine rings is 1. The van der Waals surface area contributed by atoms with Crippen molar-refractivity contribution in [2.75, 3.05) is 18.4 Å². The normalized spacial score (nSPS) is 21.8. The first kappa shape index (κ1) is 20.0. The molecule has 1 aliphatic rings. The third kappa shape index (κ3) is 4.58. The number of anilines is 1. The van der Waals surface area contributed by atoms with Crippen LogP contribution in [0.5, 0.6) is 0 Å². The molecule has 3 atom stereocenters. The fourth-order valence-electron chi connectivity index (χ4n) is 3.31. The Morgan fingerprint density at radius 1 is 1.25 bits per heavy atom. The number of benzene rings is 1. The Labute approximate surface area is 164 Å². The molecule has 2 aromatic rings. The monoisotopic (exact) mass is 385 g/mol. The molecule has 3 rings (SSSR count). The lowest BCUT2D eigenvalue weighted by Gasteiger charge is -2.35. The van der Waals surface area contributed by atoms with E-state index in [-0.39, 0.29) is 30.6 Å². The number of aromatic nitrogens is 2. The van der Waals surface area contributed by atoms with Crippen LogP contribution in [-0.2, 0) is 26.4 Å². The van der Waals surface area contributed by atoms with E-state index in [4.69, 9.17) is 10.5 Å². The number of hydrogen-bond acceptors (Lipinski definition) is 5. The minimum atomic E-state index is -1.18. The summed E-state index contributed by atoms with van der Waals surface area (Å²) < 4.78 is 7.17. The van der Waals surface area contributed by atoms with Gasteiger partial charge in [0.1, 0.15) is 12.1 Å². The summed E-state index contributed by atoms with van der Waals surface area (Å²) in [5.41, 5.74) is 6.26. The van der Waals surface area contributed by atoms with Gasteiger partial charge in [0.2, 0.25) is 11.8 Å². The van der Waals surface area contributed by atoms with Gasteiger partial charge in [0, 0.05) is 19.3 Å². The van der Waals surface area contributed by atoms with Gasteiger partial charge < -0.3 is 20.7 Å². The summed E-state index contributed by atoms with van der Waals surface area (Å²) in [6.45, 7) is 6.80. The maximum Gasteiger partial charge on any atom is 0.248 e. The van der Waals surface area contributed by atoms with E-state index in [2.05, 4.69) is 10.4 Å². The fourth-order valence-corrected chi connectivity index (χ4v) is 3.31. The topological polar surface area (TPSA) is 102 Å². The van der Waals surface area contributed by atoms with Crippen LogP contribution in [0.15, 0.2) is 42.7 Å². The lowest BCUT2D eigenvalue weighted by atomic mass is 9.92. The van der Waals surface area contributed by atoms with Crippen LogP contribution in [0.2, 0.25) is 0 Å². The van der Waals surface area contributed by atoms with Gasteiger partial charge in [-0.3, -0.25) is 14.3 Å². The molecule has 8 heteroatoms. The molecular formula is C20H27N5O3.